The molecule has 1 amide bonds. The number of aliphatic carboxylic acids is 1. The van der Waals surface area contributed by atoms with Crippen molar-refractivity contribution in [2.45, 2.75) is 6.10 Å². The molecule has 1 saturated heterocycles. The molecule has 2 aromatic rings. The van der Waals surface area contributed by atoms with E-state index in [0.717, 1.165) is 0 Å². The summed E-state index contributed by atoms with van der Waals surface area (Å²) in [5.41, 5.74) is 0.947. The second kappa shape index (κ2) is 7.06. The fraction of sp³-hybridized carbons (Fsp3) is 0.267. The standard InChI is InChI=1S/C15H12Cl2N2O4S/c16-8-1-2-9(10(17)5-8)13-18-11(7-24-13)14(20)19-3-4-23-12(6-19)15(21)22/h1-2,5,7,12H,3-4,6H2,(H,21,22)/t12-/m1/s1. The molecule has 0 unspecified atom stereocenters. The number of nitrogens with zero attached hydrogens (tertiary/aromatic N) is 2. The molecule has 9 heteroatoms. The van der Waals surface area contributed by atoms with Crippen molar-refractivity contribution in [1.29, 1.82) is 0 Å². The number of morpholine rings is 1. The minimum atomic E-state index is -1.08. The number of amides is 1. The van der Waals surface area contributed by atoms with E-state index in [9.17, 15) is 9.59 Å². The second-order valence-corrected chi connectivity index (χ2v) is 6.81. The van der Waals surface area contributed by atoms with Crippen molar-refractivity contribution in [3.63, 3.8) is 0 Å². The van der Waals surface area contributed by atoms with Gasteiger partial charge >= 0.3 is 5.97 Å². The zero-order valence-electron chi connectivity index (χ0n) is 12.2. The Kier molecular flexibility index (Phi) is 5.05. The van der Waals surface area contributed by atoms with Gasteiger partial charge in [0.15, 0.2) is 6.10 Å². The summed E-state index contributed by atoms with van der Waals surface area (Å²) < 4.78 is 5.12. The Hall–Kier alpha value is -1.67. The highest BCUT2D eigenvalue weighted by Gasteiger charge is 2.30. The lowest BCUT2D eigenvalue weighted by atomic mass is 10.2. The van der Waals surface area contributed by atoms with Crippen LogP contribution in [0.2, 0.25) is 10.0 Å². The summed E-state index contributed by atoms with van der Waals surface area (Å²) >= 11 is 13.3. The fourth-order valence-corrected chi connectivity index (χ4v) is 3.69. The maximum absolute atomic E-state index is 12.5. The van der Waals surface area contributed by atoms with Crippen LogP contribution < -0.4 is 0 Å². The van der Waals surface area contributed by atoms with Crippen molar-refractivity contribution in [3.8, 4) is 10.6 Å². The van der Waals surface area contributed by atoms with Crippen LogP contribution >= 0.6 is 34.5 Å². The Labute approximate surface area is 151 Å². The van der Waals surface area contributed by atoms with E-state index in [4.69, 9.17) is 33.0 Å². The van der Waals surface area contributed by atoms with Crippen molar-refractivity contribution in [2.75, 3.05) is 19.7 Å². The molecule has 1 aliphatic rings. The Balaban J connectivity index is 1.80. The quantitative estimate of drug-likeness (QED) is 0.876. The van der Waals surface area contributed by atoms with Crippen molar-refractivity contribution >= 4 is 46.4 Å². The highest BCUT2D eigenvalue weighted by Crippen LogP contribution is 2.32. The average molecular weight is 387 g/mol. The first-order valence-corrected chi connectivity index (χ1v) is 8.64. The van der Waals surface area contributed by atoms with Crippen molar-refractivity contribution in [2.24, 2.45) is 0 Å². The Morgan fingerprint density at radius 1 is 1.38 bits per heavy atom. The predicted octanol–water partition coefficient (Wildman–Crippen LogP) is 3.04. The summed E-state index contributed by atoms with van der Waals surface area (Å²) in [5.74, 6) is -1.41. The number of ether oxygens (including phenoxy) is 1. The molecule has 24 heavy (non-hydrogen) atoms. The van der Waals surface area contributed by atoms with Crippen LogP contribution in [0.15, 0.2) is 23.6 Å². The predicted molar refractivity (Wildman–Crippen MR) is 90.8 cm³/mol. The van der Waals surface area contributed by atoms with Gasteiger partial charge in [-0.05, 0) is 18.2 Å². The SMILES string of the molecule is O=C(O)[C@H]1CN(C(=O)c2csc(-c3ccc(Cl)cc3Cl)n2)CCO1. The van der Waals surface area contributed by atoms with Gasteiger partial charge in [-0.3, -0.25) is 4.79 Å². The molecule has 1 atom stereocenters. The van der Waals surface area contributed by atoms with Crippen molar-refractivity contribution in [1.82, 2.24) is 9.88 Å². The number of carboxylic acids is 1. The number of hydrogen-bond donors (Lipinski definition) is 1. The zero-order chi connectivity index (χ0) is 17.3. The van der Waals surface area contributed by atoms with Gasteiger partial charge in [-0.15, -0.1) is 11.3 Å². The lowest BCUT2D eigenvalue weighted by Gasteiger charge is -2.30. The molecule has 6 nitrogen and oxygen atoms in total. The summed E-state index contributed by atoms with van der Waals surface area (Å²) in [5, 5.41) is 12.2. The van der Waals surface area contributed by atoms with Crippen LogP contribution in [0.4, 0.5) is 0 Å². The van der Waals surface area contributed by atoms with Crippen LogP contribution in [-0.2, 0) is 9.53 Å². The van der Waals surface area contributed by atoms with Crippen molar-refractivity contribution < 1.29 is 19.4 Å². The lowest BCUT2D eigenvalue weighted by molar-refractivity contribution is -0.154. The minimum absolute atomic E-state index is 0.00271. The highest BCUT2D eigenvalue weighted by atomic mass is 35.5. The molecule has 0 saturated carbocycles. The van der Waals surface area contributed by atoms with Gasteiger partial charge in [-0.25, -0.2) is 9.78 Å². The number of benzene rings is 1. The van der Waals surface area contributed by atoms with Gasteiger partial charge in [0.25, 0.3) is 5.91 Å². The van der Waals surface area contributed by atoms with Gasteiger partial charge in [0.1, 0.15) is 10.7 Å². The molecular formula is C15H12Cl2N2O4S. The van der Waals surface area contributed by atoms with Crippen LogP contribution in [0.1, 0.15) is 10.5 Å². The second-order valence-electron chi connectivity index (χ2n) is 5.11. The topological polar surface area (TPSA) is 79.7 Å². The third-order valence-electron chi connectivity index (χ3n) is 3.51. The van der Waals surface area contributed by atoms with Gasteiger partial charge in [0, 0.05) is 22.5 Å². The fourth-order valence-electron chi connectivity index (χ4n) is 2.30. The summed E-state index contributed by atoms with van der Waals surface area (Å²) in [6.45, 7) is 0.516. The van der Waals surface area contributed by atoms with Gasteiger partial charge in [-0.1, -0.05) is 23.2 Å². The molecule has 1 N–H and O–H groups in total. The van der Waals surface area contributed by atoms with Crippen molar-refractivity contribution in [3.05, 3.63) is 39.3 Å². The third-order valence-corrected chi connectivity index (χ3v) is 4.94. The minimum Gasteiger partial charge on any atom is -0.479 e. The van der Waals surface area contributed by atoms with E-state index in [-0.39, 0.29) is 24.8 Å². The molecule has 126 valence electrons. The number of rotatable bonds is 3. The largest absolute Gasteiger partial charge is 0.479 e. The molecule has 1 aromatic heterocycles. The first-order chi connectivity index (χ1) is 11.5. The van der Waals surface area contributed by atoms with E-state index in [0.29, 0.717) is 27.2 Å². The zero-order valence-corrected chi connectivity index (χ0v) is 14.6. The Morgan fingerprint density at radius 3 is 2.88 bits per heavy atom. The normalized spacial score (nSPS) is 17.8. The van der Waals surface area contributed by atoms with E-state index in [1.165, 1.54) is 16.2 Å². The summed E-state index contributed by atoms with van der Waals surface area (Å²) in [6.07, 6.45) is -1.01. The monoisotopic (exact) mass is 386 g/mol. The van der Waals surface area contributed by atoms with Crippen LogP contribution in [0.5, 0.6) is 0 Å². The summed E-state index contributed by atoms with van der Waals surface area (Å²) in [4.78, 5) is 29.3. The van der Waals surface area contributed by atoms with E-state index in [2.05, 4.69) is 4.98 Å². The van der Waals surface area contributed by atoms with E-state index in [1.54, 1.807) is 23.6 Å². The molecule has 1 aromatic carbocycles. The van der Waals surface area contributed by atoms with Crippen LogP contribution in [0.3, 0.4) is 0 Å². The van der Waals surface area contributed by atoms with Crippen LogP contribution in [0.25, 0.3) is 10.6 Å². The number of aromatic nitrogens is 1. The van der Waals surface area contributed by atoms with Gasteiger partial charge < -0.3 is 14.7 Å². The molecule has 1 fully saturated rings. The van der Waals surface area contributed by atoms with Crippen LogP contribution in [-0.4, -0.2) is 52.7 Å². The number of carboxylic acid groups (broad SMARTS) is 1. The first kappa shape index (κ1) is 17.2. The molecule has 0 aliphatic carbocycles. The molecule has 0 radical (unpaired) electrons. The molecule has 1 aliphatic heterocycles. The van der Waals surface area contributed by atoms with Gasteiger partial charge in [0.2, 0.25) is 0 Å². The van der Waals surface area contributed by atoms with Gasteiger partial charge in [-0.2, -0.15) is 0 Å². The first-order valence-electron chi connectivity index (χ1n) is 7.00. The van der Waals surface area contributed by atoms with Gasteiger partial charge in [0.05, 0.1) is 18.2 Å². The number of carbonyl (C=O) groups is 2. The average Bonchev–Trinajstić information content (AvgIpc) is 3.04. The maximum atomic E-state index is 12.5. The molecule has 0 spiro atoms. The number of hydrogen-bond acceptors (Lipinski definition) is 5. The Bertz CT molecular complexity index is 796. The van der Waals surface area contributed by atoms with E-state index in [1.807, 2.05) is 0 Å². The molecule has 3 rings (SSSR count). The molecular weight excluding hydrogens is 375 g/mol. The molecule has 2 heterocycles. The number of thiazole rings is 1. The van der Waals surface area contributed by atoms with E-state index >= 15 is 0 Å². The lowest BCUT2D eigenvalue weighted by Crippen LogP contribution is -2.48. The van der Waals surface area contributed by atoms with E-state index < -0.39 is 12.1 Å². The third kappa shape index (κ3) is 3.54. The molecule has 0 bridgehead atoms. The number of halogens is 2. The number of carbonyl (C=O) groups excluding carboxylic acids is 1. The Morgan fingerprint density at radius 2 is 2.17 bits per heavy atom. The summed E-state index contributed by atoms with van der Waals surface area (Å²) in [7, 11) is 0. The smallest absolute Gasteiger partial charge is 0.334 e. The maximum Gasteiger partial charge on any atom is 0.334 e. The summed E-state index contributed by atoms with van der Waals surface area (Å²) in [6, 6.07) is 5.05. The van der Waals surface area contributed by atoms with Crippen LogP contribution in [0, 0.1) is 0 Å². The highest BCUT2D eigenvalue weighted by molar-refractivity contribution is 7.13.